The van der Waals surface area contributed by atoms with E-state index >= 15 is 0 Å². The first-order valence-corrected chi connectivity index (χ1v) is 7.01. The Kier molecular flexibility index (Phi) is 8.81. The van der Waals surface area contributed by atoms with Gasteiger partial charge in [-0.3, -0.25) is 14.4 Å². The maximum absolute atomic E-state index is 12.2. The fourth-order valence-electron chi connectivity index (χ4n) is 1.66. The smallest absolute Gasteiger partial charge is 0.326 e. The van der Waals surface area contributed by atoms with Crippen LogP contribution in [0.1, 0.15) is 26.7 Å². The Morgan fingerprint density at radius 2 is 1.61 bits per heavy atom. The largest absolute Gasteiger partial charge is 0.481 e. The van der Waals surface area contributed by atoms with Crippen LogP contribution in [0.15, 0.2) is 0 Å². The van der Waals surface area contributed by atoms with Gasteiger partial charge in [-0.15, -0.1) is 0 Å². The monoisotopic (exact) mass is 333 g/mol. The van der Waals surface area contributed by atoms with Crippen LogP contribution in [0.25, 0.3) is 0 Å². The molecule has 10 nitrogen and oxygen atoms in total. The molecule has 0 aromatic rings. The van der Waals surface area contributed by atoms with Gasteiger partial charge in [0.25, 0.3) is 0 Å². The first kappa shape index (κ1) is 20.8. The molecule has 10 heteroatoms. The molecule has 2 amide bonds. The minimum atomic E-state index is -1.39. The zero-order valence-corrected chi connectivity index (χ0v) is 13.0. The van der Waals surface area contributed by atoms with E-state index in [1.165, 1.54) is 0 Å². The number of rotatable bonds is 10. The van der Waals surface area contributed by atoms with Gasteiger partial charge in [-0.05, 0) is 12.3 Å². The van der Waals surface area contributed by atoms with Crippen molar-refractivity contribution in [1.29, 1.82) is 0 Å². The summed E-state index contributed by atoms with van der Waals surface area (Å²) < 4.78 is 0. The highest BCUT2D eigenvalue weighted by Gasteiger charge is 2.29. The number of carbonyl (C=O) groups is 4. The van der Waals surface area contributed by atoms with Gasteiger partial charge in [0.1, 0.15) is 18.1 Å². The van der Waals surface area contributed by atoms with Crippen LogP contribution >= 0.6 is 0 Å². The summed E-state index contributed by atoms with van der Waals surface area (Å²) in [5, 5.41) is 30.9. The Balaban J connectivity index is 4.91. The average molecular weight is 333 g/mol. The SMILES string of the molecule is CC(C)C(NC(=O)C(N)CO)C(=O)NC(CCC(=O)O)C(=O)O. The number of carbonyl (C=O) groups excluding carboxylic acids is 2. The van der Waals surface area contributed by atoms with Crippen molar-refractivity contribution in [3.05, 3.63) is 0 Å². The molecular weight excluding hydrogens is 310 g/mol. The first-order valence-electron chi connectivity index (χ1n) is 7.01. The Hall–Kier alpha value is -2.20. The molecule has 3 atom stereocenters. The second-order valence-corrected chi connectivity index (χ2v) is 5.35. The lowest BCUT2D eigenvalue weighted by molar-refractivity contribution is -0.143. The van der Waals surface area contributed by atoms with Crippen LogP contribution in [0.3, 0.4) is 0 Å². The molecule has 132 valence electrons. The van der Waals surface area contributed by atoms with E-state index in [4.69, 9.17) is 21.1 Å². The van der Waals surface area contributed by atoms with E-state index in [-0.39, 0.29) is 12.3 Å². The Bertz CT molecular complexity index is 453. The molecule has 0 spiro atoms. The molecule has 0 bridgehead atoms. The molecule has 0 fully saturated rings. The van der Waals surface area contributed by atoms with Crippen LogP contribution in [0.4, 0.5) is 0 Å². The van der Waals surface area contributed by atoms with Crippen LogP contribution in [-0.2, 0) is 19.2 Å². The van der Waals surface area contributed by atoms with Gasteiger partial charge in [-0.25, -0.2) is 4.79 Å². The number of hydrogen-bond acceptors (Lipinski definition) is 6. The van der Waals surface area contributed by atoms with E-state index in [0.29, 0.717) is 0 Å². The van der Waals surface area contributed by atoms with Crippen molar-refractivity contribution in [2.24, 2.45) is 11.7 Å². The molecule has 0 heterocycles. The quantitative estimate of drug-likeness (QED) is 0.262. The number of aliphatic carboxylic acids is 2. The highest BCUT2D eigenvalue weighted by atomic mass is 16.4. The van der Waals surface area contributed by atoms with Crippen LogP contribution in [-0.4, -0.2) is 63.8 Å². The predicted octanol–water partition coefficient (Wildman–Crippen LogP) is -2.12. The lowest BCUT2D eigenvalue weighted by Crippen LogP contribution is -2.56. The van der Waals surface area contributed by atoms with Gasteiger partial charge in [0.2, 0.25) is 11.8 Å². The molecule has 0 aliphatic carbocycles. The number of amides is 2. The second kappa shape index (κ2) is 9.74. The molecular formula is C13H23N3O7. The maximum atomic E-state index is 12.2. The summed E-state index contributed by atoms with van der Waals surface area (Å²) in [4.78, 5) is 45.4. The van der Waals surface area contributed by atoms with E-state index in [1.54, 1.807) is 13.8 Å². The minimum absolute atomic E-state index is 0.286. The molecule has 7 N–H and O–H groups in total. The van der Waals surface area contributed by atoms with Crippen LogP contribution in [0.5, 0.6) is 0 Å². The number of carboxylic acid groups (broad SMARTS) is 2. The molecule has 0 aliphatic rings. The first-order chi connectivity index (χ1) is 10.6. The molecule has 0 aromatic carbocycles. The van der Waals surface area contributed by atoms with E-state index in [1.807, 2.05) is 0 Å². The van der Waals surface area contributed by atoms with Gasteiger partial charge in [0.05, 0.1) is 6.61 Å². The van der Waals surface area contributed by atoms with Crippen molar-refractivity contribution >= 4 is 23.8 Å². The third kappa shape index (κ3) is 7.56. The van der Waals surface area contributed by atoms with Gasteiger partial charge in [-0.1, -0.05) is 13.8 Å². The molecule has 0 saturated carbocycles. The zero-order valence-electron chi connectivity index (χ0n) is 13.0. The van der Waals surface area contributed by atoms with Crippen LogP contribution < -0.4 is 16.4 Å². The lowest BCUT2D eigenvalue weighted by atomic mass is 10.0. The van der Waals surface area contributed by atoms with E-state index in [0.717, 1.165) is 0 Å². The van der Waals surface area contributed by atoms with Crippen molar-refractivity contribution in [2.75, 3.05) is 6.61 Å². The fraction of sp³-hybridized carbons (Fsp3) is 0.692. The van der Waals surface area contributed by atoms with Crippen LogP contribution in [0.2, 0.25) is 0 Å². The molecule has 0 aromatic heterocycles. The molecule has 0 saturated heterocycles. The van der Waals surface area contributed by atoms with Crippen molar-refractivity contribution in [3.8, 4) is 0 Å². The van der Waals surface area contributed by atoms with Gasteiger partial charge in [-0.2, -0.15) is 0 Å². The Morgan fingerprint density at radius 3 is 2.00 bits per heavy atom. The standard InChI is InChI=1S/C13H23N3O7/c1-6(2)10(16-11(20)7(14)5-17)12(21)15-8(13(22)23)3-4-9(18)19/h6-8,10,17H,3-5,14H2,1-2H3,(H,15,21)(H,16,20)(H,18,19)(H,22,23). The average Bonchev–Trinajstić information content (AvgIpc) is 2.46. The number of nitrogens with two attached hydrogens (primary N) is 1. The molecule has 3 unspecified atom stereocenters. The molecule has 0 aliphatic heterocycles. The third-order valence-electron chi connectivity index (χ3n) is 3.04. The van der Waals surface area contributed by atoms with Crippen molar-refractivity contribution in [2.45, 2.75) is 44.8 Å². The van der Waals surface area contributed by atoms with E-state index in [9.17, 15) is 19.2 Å². The lowest BCUT2D eigenvalue weighted by Gasteiger charge is -2.24. The summed E-state index contributed by atoms with van der Waals surface area (Å²) in [6.45, 7) is 2.65. The normalized spacial score (nSPS) is 14.7. The zero-order chi connectivity index (χ0) is 18.2. The summed E-state index contributed by atoms with van der Waals surface area (Å²) in [5.41, 5.74) is 5.34. The second-order valence-electron chi connectivity index (χ2n) is 5.35. The maximum Gasteiger partial charge on any atom is 0.326 e. The number of nitrogens with one attached hydrogen (secondary N) is 2. The fourth-order valence-corrected chi connectivity index (χ4v) is 1.66. The Morgan fingerprint density at radius 1 is 1.04 bits per heavy atom. The van der Waals surface area contributed by atoms with E-state index in [2.05, 4.69) is 10.6 Å². The van der Waals surface area contributed by atoms with Crippen molar-refractivity contribution < 1.29 is 34.5 Å². The summed E-state index contributed by atoms with van der Waals surface area (Å²) in [6, 6.07) is -3.65. The van der Waals surface area contributed by atoms with E-state index < -0.39 is 54.9 Å². The topological polar surface area (TPSA) is 179 Å². The minimum Gasteiger partial charge on any atom is -0.481 e. The highest BCUT2D eigenvalue weighted by Crippen LogP contribution is 2.05. The molecule has 0 radical (unpaired) electrons. The van der Waals surface area contributed by atoms with Gasteiger partial charge in [0, 0.05) is 6.42 Å². The third-order valence-corrected chi connectivity index (χ3v) is 3.04. The van der Waals surface area contributed by atoms with Crippen molar-refractivity contribution in [1.82, 2.24) is 10.6 Å². The number of carboxylic acids is 2. The van der Waals surface area contributed by atoms with Gasteiger partial charge in [0.15, 0.2) is 0 Å². The summed E-state index contributed by atoms with van der Waals surface area (Å²) >= 11 is 0. The predicted molar refractivity (Wildman–Crippen MR) is 78.3 cm³/mol. The molecule has 0 rings (SSSR count). The number of aliphatic hydroxyl groups is 1. The Labute approximate surface area is 133 Å². The molecule has 23 heavy (non-hydrogen) atoms. The summed E-state index contributed by atoms with van der Waals surface area (Å²) in [5.74, 6) is -4.46. The summed E-state index contributed by atoms with van der Waals surface area (Å²) in [6.07, 6.45) is -0.712. The van der Waals surface area contributed by atoms with Crippen LogP contribution in [0, 0.1) is 5.92 Å². The van der Waals surface area contributed by atoms with Gasteiger partial charge >= 0.3 is 11.9 Å². The summed E-state index contributed by atoms with van der Waals surface area (Å²) in [7, 11) is 0. The van der Waals surface area contributed by atoms with Gasteiger partial charge < -0.3 is 31.7 Å². The highest BCUT2D eigenvalue weighted by molar-refractivity contribution is 5.92. The number of aliphatic hydroxyl groups excluding tert-OH is 1. The van der Waals surface area contributed by atoms with Crippen molar-refractivity contribution in [3.63, 3.8) is 0 Å². The number of hydrogen-bond donors (Lipinski definition) is 6.